The molecule has 4 rings (SSSR count). The lowest BCUT2D eigenvalue weighted by atomic mass is 9.69. The van der Waals surface area contributed by atoms with Crippen LogP contribution in [-0.2, 0) is 0 Å². The minimum Gasteiger partial charge on any atom is -0.398 e. The van der Waals surface area contributed by atoms with E-state index in [4.69, 9.17) is 16.5 Å². The van der Waals surface area contributed by atoms with E-state index in [1.807, 2.05) is 6.21 Å². The van der Waals surface area contributed by atoms with E-state index in [-0.39, 0.29) is 11.6 Å². The summed E-state index contributed by atoms with van der Waals surface area (Å²) in [5.74, 6) is 0.429. The van der Waals surface area contributed by atoms with E-state index < -0.39 is 5.82 Å². The first kappa shape index (κ1) is 23.9. The van der Waals surface area contributed by atoms with E-state index in [1.165, 1.54) is 6.07 Å². The topological polar surface area (TPSA) is 94.9 Å². The first-order valence-corrected chi connectivity index (χ1v) is 12.0. The zero-order valence-corrected chi connectivity index (χ0v) is 20.0. The van der Waals surface area contributed by atoms with Gasteiger partial charge in [0.2, 0.25) is 0 Å². The lowest BCUT2D eigenvalue weighted by Gasteiger charge is -2.36. The first-order chi connectivity index (χ1) is 15.9. The first-order valence-electron chi connectivity index (χ1n) is 12.0. The van der Waals surface area contributed by atoms with Crippen LogP contribution in [0, 0.1) is 23.6 Å². The highest BCUT2D eigenvalue weighted by atomic mass is 19.1. The molecule has 8 heteroatoms. The van der Waals surface area contributed by atoms with E-state index in [9.17, 15) is 4.39 Å². The van der Waals surface area contributed by atoms with Crippen LogP contribution in [0.2, 0.25) is 0 Å². The van der Waals surface area contributed by atoms with Crippen LogP contribution >= 0.6 is 0 Å². The molecule has 5 atom stereocenters. The highest BCUT2D eigenvalue weighted by Crippen LogP contribution is 2.41. The monoisotopic (exact) mass is 455 g/mol. The third-order valence-corrected chi connectivity index (χ3v) is 7.56. The van der Waals surface area contributed by atoms with Crippen LogP contribution < -0.4 is 22.2 Å². The van der Waals surface area contributed by atoms with Gasteiger partial charge in [0.1, 0.15) is 5.82 Å². The number of anilines is 1. The fraction of sp³-hybridized carbons (Fsp3) is 0.560. The number of allylic oxidation sites excluding steroid dienone is 2. The number of aliphatic imine (C=N–C) groups is 1. The van der Waals surface area contributed by atoms with Crippen LogP contribution in [0.5, 0.6) is 0 Å². The number of halogens is 1. The van der Waals surface area contributed by atoms with Crippen molar-refractivity contribution in [2.45, 2.75) is 32.4 Å². The van der Waals surface area contributed by atoms with Crippen molar-refractivity contribution in [3.8, 4) is 0 Å². The molecule has 3 aliphatic rings. The zero-order valence-electron chi connectivity index (χ0n) is 20.0. The van der Waals surface area contributed by atoms with Crippen molar-refractivity contribution in [3.05, 3.63) is 47.3 Å². The molecule has 2 aliphatic heterocycles. The Morgan fingerprint density at radius 1 is 1.24 bits per heavy atom. The summed E-state index contributed by atoms with van der Waals surface area (Å²) in [5.41, 5.74) is 18.2. The average Bonchev–Trinajstić information content (AvgIpc) is 2.96. The summed E-state index contributed by atoms with van der Waals surface area (Å²) >= 11 is 0. The van der Waals surface area contributed by atoms with Crippen LogP contribution in [0.3, 0.4) is 0 Å². The van der Waals surface area contributed by atoms with E-state index in [0.29, 0.717) is 41.8 Å². The molecule has 2 heterocycles. The summed E-state index contributed by atoms with van der Waals surface area (Å²) in [6, 6.07) is 5.50. The van der Waals surface area contributed by atoms with E-state index >= 15 is 0 Å². The number of nitrogens with one attached hydrogen (secondary N) is 2. The van der Waals surface area contributed by atoms with Crippen LogP contribution in [0.25, 0.3) is 5.70 Å². The van der Waals surface area contributed by atoms with Gasteiger partial charge in [-0.3, -0.25) is 9.89 Å². The fourth-order valence-electron chi connectivity index (χ4n) is 5.47. The van der Waals surface area contributed by atoms with Gasteiger partial charge >= 0.3 is 0 Å². The summed E-state index contributed by atoms with van der Waals surface area (Å²) in [6.07, 6.45) is 7.53. The summed E-state index contributed by atoms with van der Waals surface area (Å²) in [6.45, 7) is 9.22. The van der Waals surface area contributed by atoms with Gasteiger partial charge < -0.3 is 16.8 Å². The smallest absolute Gasteiger partial charge is 0.146 e. The molecule has 33 heavy (non-hydrogen) atoms. The maximum atomic E-state index is 14.2. The summed E-state index contributed by atoms with van der Waals surface area (Å²) in [7, 11) is 2.10. The lowest BCUT2D eigenvalue weighted by Crippen LogP contribution is -2.38. The number of nitrogens with two attached hydrogens (primary N) is 2. The van der Waals surface area contributed by atoms with Gasteiger partial charge in [0, 0.05) is 67.7 Å². The summed E-state index contributed by atoms with van der Waals surface area (Å²) in [4.78, 5) is 7.16. The van der Waals surface area contributed by atoms with Gasteiger partial charge in [-0.05, 0) is 43.9 Å². The largest absolute Gasteiger partial charge is 0.398 e. The Morgan fingerprint density at radius 3 is 2.85 bits per heavy atom. The van der Waals surface area contributed by atoms with E-state index in [2.05, 4.69) is 53.7 Å². The standard InChI is InChI=1S/C25H38FN7/c1-16-19(6-8-23-24(16)17(2)32(3)31-23)20(14-30-15-33-11-4-9-29-10-12-33)25(28)18-5-7-22(27)21(26)13-18/h5-8,13-14,16-17,19,23-24,29,31H,4,9-12,15,27-28H2,1-3H3/b25-20+,30-14?. The molecule has 2 saturated heterocycles. The summed E-state index contributed by atoms with van der Waals surface area (Å²) in [5, 5.41) is 5.62. The zero-order chi connectivity index (χ0) is 23.5. The lowest BCUT2D eigenvalue weighted by molar-refractivity contribution is 0.203. The Hall–Kier alpha value is -2.26. The van der Waals surface area contributed by atoms with Gasteiger partial charge in [0.15, 0.2) is 0 Å². The van der Waals surface area contributed by atoms with Crippen molar-refractivity contribution in [3.63, 3.8) is 0 Å². The van der Waals surface area contributed by atoms with Crippen LogP contribution in [0.15, 0.2) is 40.9 Å². The van der Waals surface area contributed by atoms with Crippen molar-refractivity contribution in [1.82, 2.24) is 20.7 Å². The summed E-state index contributed by atoms with van der Waals surface area (Å²) < 4.78 is 14.2. The molecule has 0 saturated carbocycles. The van der Waals surface area contributed by atoms with Gasteiger partial charge in [-0.1, -0.05) is 25.1 Å². The van der Waals surface area contributed by atoms with Crippen LogP contribution in [0.1, 0.15) is 25.8 Å². The van der Waals surface area contributed by atoms with Gasteiger partial charge in [-0.25, -0.2) is 14.8 Å². The number of hydrazine groups is 1. The van der Waals surface area contributed by atoms with Crippen molar-refractivity contribution < 1.29 is 4.39 Å². The number of fused-ring (bicyclic) bond motifs is 1. The predicted octanol–water partition coefficient (Wildman–Crippen LogP) is 2.05. The van der Waals surface area contributed by atoms with Crippen molar-refractivity contribution in [2.75, 3.05) is 45.6 Å². The van der Waals surface area contributed by atoms with Gasteiger partial charge in [0.25, 0.3) is 0 Å². The van der Waals surface area contributed by atoms with Crippen molar-refractivity contribution >= 4 is 17.6 Å². The number of hydrogen-bond donors (Lipinski definition) is 4. The molecular formula is C25H38FN7. The van der Waals surface area contributed by atoms with Gasteiger partial charge in [0.05, 0.1) is 12.4 Å². The normalized spacial score (nSPS) is 32.1. The van der Waals surface area contributed by atoms with Crippen LogP contribution in [0.4, 0.5) is 10.1 Å². The van der Waals surface area contributed by atoms with Crippen molar-refractivity contribution in [1.29, 1.82) is 0 Å². The number of nitrogen functional groups attached to an aromatic ring is 1. The van der Waals surface area contributed by atoms with E-state index in [1.54, 1.807) is 12.1 Å². The quantitative estimate of drug-likeness (QED) is 0.308. The van der Waals surface area contributed by atoms with Gasteiger partial charge in [-0.2, -0.15) is 0 Å². The fourth-order valence-corrected chi connectivity index (χ4v) is 5.47. The molecule has 2 fully saturated rings. The Bertz CT molecular complexity index is 919. The molecule has 0 spiro atoms. The molecule has 1 aliphatic carbocycles. The molecule has 0 amide bonds. The second-order valence-corrected chi connectivity index (χ2v) is 9.63. The molecule has 0 bridgehead atoms. The highest BCUT2D eigenvalue weighted by molar-refractivity contribution is 5.91. The molecule has 0 radical (unpaired) electrons. The third-order valence-electron chi connectivity index (χ3n) is 7.56. The average molecular weight is 456 g/mol. The predicted molar refractivity (Wildman–Crippen MR) is 134 cm³/mol. The SMILES string of the molecule is CC1C(/C(C=NCN2CCCNCC2)=C(/N)c2ccc(N)c(F)c2)C=CC2NN(C)C(C)C21. The number of hydrogen-bond acceptors (Lipinski definition) is 7. The Morgan fingerprint density at radius 2 is 2.06 bits per heavy atom. The Kier molecular flexibility index (Phi) is 7.48. The molecule has 1 aromatic carbocycles. The number of nitrogens with zero attached hydrogens (tertiary/aromatic N) is 3. The minimum atomic E-state index is -0.452. The second kappa shape index (κ2) is 10.3. The molecule has 6 N–H and O–H groups in total. The Labute approximate surface area is 196 Å². The van der Waals surface area contributed by atoms with E-state index in [0.717, 1.165) is 38.2 Å². The Balaban J connectivity index is 1.65. The molecule has 7 nitrogen and oxygen atoms in total. The molecular weight excluding hydrogens is 417 g/mol. The van der Waals surface area contributed by atoms with Crippen LogP contribution in [-0.4, -0.2) is 68.1 Å². The molecule has 180 valence electrons. The molecule has 1 aromatic rings. The number of benzene rings is 1. The minimum absolute atomic E-state index is 0.0946. The molecule has 0 aromatic heterocycles. The maximum absolute atomic E-state index is 14.2. The maximum Gasteiger partial charge on any atom is 0.146 e. The second-order valence-electron chi connectivity index (χ2n) is 9.63. The number of rotatable bonds is 5. The van der Waals surface area contributed by atoms with Crippen molar-refractivity contribution in [2.24, 2.45) is 28.5 Å². The van der Waals surface area contributed by atoms with Gasteiger partial charge in [-0.15, -0.1) is 0 Å². The molecule has 5 unspecified atom stereocenters. The highest BCUT2D eigenvalue weighted by Gasteiger charge is 2.44. The third kappa shape index (κ3) is 5.14.